The summed E-state index contributed by atoms with van der Waals surface area (Å²) in [4.78, 5) is 62.3. The fraction of sp³-hybridized carbons (Fsp3) is 0.575. The van der Waals surface area contributed by atoms with E-state index in [0.29, 0.717) is 31.6 Å². The minimum Gasteiger partial charge on any atom is -0.472 e. The van der Waals surface area contributed by atoms with Gasteiger partial charge in [-0.15, -0.1) is 6.58 Å². The molecule has 0 spiro atoms. The summed E-state index contributed by atoms with van der Waals surface area (Å²) < 4.78 is 40.0. The van der Waals surface area contributed by atoms with Crippen LogP contribution < -0.4 is 9.46 Å². The third-order valence-corrected chi connectivity index (χ3v) is 13.6. The first-order valence-electron chi connectivity index (χ1n) is 18.9. The number of esters is 1. The largest absolute Gasteiger partial charge is 0.472 e. The molecule has 3 heterocycles. The van der Waals surface area contributed by atoms with Crippen LogP contribution in [0, 0.1) is 29.1 Å². The molecule has 1 aromatic carbocycles. The molecule has 1 saturated heterocycles. The maximum atomic E-state index is 14.8. The van der Waals surface area contributed by atoms with Crippen molar-refractivity contribution in [1.29, 1.82) is 0 Å². The maximum Gasteiger partial charge on any atom is 0.306 e. The van der Waals surface area contributed by atoms with Crippen molar-refractivity contribution in [2.75, 3.05) is 13.2 Å². The molecule has 11 nitrogen and oxygen atoms in total. The van der Waals surface area contributed by atoms with E-state index in [2.05, 4.69) is 22.4 Å². The number of benzene rings is 1. The Labute approximate surface area is 305 Å². The van der Waals surface area contributed by atoms with Gasteiger partial charge in [-0.1, -0.05) is 56.5 Å². The lowest BCUT2D eigenvalue weighted by atomic mass is 9.77. The fourth-order valence-corrected chi connectivity index (χ4v) is 9.82. The highest BCUT2D eigenvalue weighted by Crippen LogP contribution is 2.57. The molecule has 4 fully saturated rings. The van der Waals surface area contributed by atoms with E-state index in [1.807, 2.05) is 37.3 Å². The van der Waals surface area contributed by atoms with Crippen molar-refractivity contribution in [1.82, 2.24) is 14.6 Å². The van der Waals surface area contributed by atoms with E-state index in [1.54, 1.807) is 17.2 Å². The summed E-state index contributed by atoms with van der Waals surface area (Å²) in [5.41, 5.74) is -0.304. The molecule has 2 aromatic rings. The Balaban J connectivity index is 1.22. The SMILES string of the molecule is C=C[C@@H]1C[C@]1(CC(=O)[C@@H]1C[C@@H]2CN1C(=O)[C@H](C1CCCCC1)CC(=O)OC[C@H](C)C/C=C/c1ccc3ccnc(c3c1)O2)C(=O)NS(=O)(=O)C1CC1. The van der Waals surface area contributed by atoms with Crippen molar-refractivity contribution in [3.05, 3.63) is 54.8 Å². The van der Waals surface area contributed by atoms with Gasteiger partial charge in [0.15, 0.2) is 5.78 Å². The van der Waals surface area contributed by atoms with Crippen LogP contribution in [0.5, 0.6) is 5.88 Å². The predicted molar refractivity (Wildman–Crippen MR) is 195 cm³/mol. The normalized spacial score (nSPS) is 30.9. The summed E-state index contributed by atoms with van der Waals surface area (Å²) in [6.45, 7) is 6.18. The molecule has 52 heavy (non-hydrogen) atoms. The van der Waals surface area contributed by atoms with Gasteiger partial charge in [-0.2, -0.15) is 0 Å². The van der Waals surface area contributed by atoms with Crippen LogP contribution in [0.1, 0.15) is 89.5 Å². The molecule has 0 unspecified atom stereocenters. The molecule has 2 aliphatic heterocycles. The van der Waals surface area contributed by atoms with Crippen LogP contribution >= 0.6 is 0 Å². The number of ether oxygens (including phenoxy) is 2. The van der Waals surface area contributed by atoms with Gasteiger partial charge in [0.2, 0.25) is 27.7 Å². The van der Waals surface area contributed by atoms with Crippen molar-refractivity contribution >= 4 is 50.4 Å². The summed E-state index contributed by atoms with van der Waals surface area (Å²) in [7, 11) is -3.83. The average molecular weight is 732 g/mol. The highest BCUT2D eigenvalue weighted by atomic mass is 32.2. The molecule has 12 heteroatoms. The number of sulfonamides is 1. The van der Waals surface area contributed by atoms with Crippen LogP contribution in [0.2, 0.25) is 0 Å². The number of carbonyl (C=O) groups is 4. The number of aromatic nitrogens is 1. The number of nitrogens with zero attached hydrogens (tertiary/aromatic N) is 2. The molecular formula is C40H49N3O8S. The summed E-state index contributed by atoms with van der Waals surface area (Å²) in [5.74, 6) is -2.37. The third-order valence-electron chi connectivity index (χ3n) is 11.8. The smallest absolute Gasteiger partial charge is 0.306 e. The Morgan fingerprint density at radius 1 is 1.12 bits per heavy atom. The summed E-state index contributed by atoms with van der Waals surface area (Å²) in [5, 5.41) is 1.15. The number of Topliss-reactive ketones (excluding diaryl/α,β-unsaturated/α-hetero) is 1. The molecule has 3 saturated carbocycles. The van der Waals surface area contributed by atoms with E-state index in [1.165, 1.54) is 0 Å². The van der Waals surface area contributed by atoms with E-state index in [4.69, 9.17) is 9.47 Å². The van der Waals surface area contributed by atoms with Gasteiger partial charge >= 0.3 is 5.97 Å². The lowest BCUT2D eigenvalue weighted by Crippen LogP contribution is -2.48. The number of ketones is 1. The predicted octanol–water partition coefficient (Wildman–Crippen LogP) is 5.53. The zero-order valence-corrected chi connectivity index (χ0v) is 30.7. The number of hydrogen-bond donors (Lipinski definition) is 1. The Morgan fingerprint density at radius 3 is 2.63 bits per heavy atom. The quantitative estimate of drug-likeness (QED) is 0.274. The Hall–Kier alpha value is -4.06. The van der Waals surface area contributed by atoms with Crippen LogP contribution in [-0.4, -0.2) is 72.4 Å². The molecule has 6 atom stereocenters. The number of pyridine rings is 1. The van der Waals surface area contributed by atoms with Gasteiger partial charge in [0.1, 0.15) is 6.10 Å². The van der Waals surface area contributed by atoms with Gasteiger partial charge in [-0.05, 0) is 79.4 Å². The van der Waals surface area contributed by atoms with Crippen molar-refractivity contribution < 1.29 is 37.1 Å². The number of allylic oxidation sites excluding steroid dienone is 2. The van der Waals surface area contributed by atoms with Gasteiger partial charge in [0.25, 0.3) is 0 Å². The second kappa shape index (κ2) is 14.8. The van der Waals surface area contributed by atoms with E-state index in [0.717, 1.165) is 48.4 Å². The lowest BCUT2D eigenvalue weighted by molar-refractivity contribution is -0.153. The van der Waals surface area contributed by atoms with Crippen LogP contribution in [0.25, 0.3) is 16.8 Å². The number of hydrogen-bond acceptors (Lipinski definition) is 9. The van der Waals surface area contributed by atoms with Gasteiger partial charge in [0, 0.05) is 24.4 Å². The van der Waals surface area contributed by atoms with Gasteiger partial charge in [-0.25, -0.2) is 13.4 Å². The number of carbonyl (C=O) groups excluding carboxylic acids is 4. The zero-order chi connectivity index (χ0) is 36.6. The van der Waals surface area contributed by atoms with Crippen molar-refractivity contribution in [3.8, 4) is 5.88 Å². The summed E-state index contributed by atoms with van der Waals surface area (Å²) >= 11 is 0. The molecule has 5 aliphatic rings. The van der Waals surface area contributed by atoms with Gasteiger partial charge < -0.3 is 14.4 Å². The second-order valence-corrected chi connectivity index (χ2v) is 17.7. The lowest BCUT2D eigenvalue weighted by Gasteiger charge is -2.34. The first-order chi connectivity index (χ1) is 25.0. The van der Waals surface area contributed by atoms with Crippen LogP contribution in [-0.2, 0) is 33.9 Å². The van der Waals surface area contributed by atoms with Gasteiger partial charge in [-0.3, -0.25) is 23.9 Å². The molecular weight excluding hydrogens is 683 g/mol. The molecule has 0 radical (unpaired) electrons. The molecule has 3 aliphatic carbocycles. The van der Waals surface area contributed by atoms with Crippen LogP contribution in [0.3, 0.4) is 0 Å². The molecule has 2 amide bonds. The maximum absolute atomic E-state index is 14.8. The fourth-order valence-electron chi connectivity index (χ4n) is 8.44. The van der Waals surface area contributed by atoms with Crippen LogP contribution in [0.4, 0.5) is 0 Å². The summed E-state index contributed by atoms with van der Waals surface area (Å²) in [6.07, 6.45) is 13.2. The number of amides is 2. The number of fused-ring (bicyclic) bond motifs is 3. The number of nitrogens with one attached hydrogen (secondary N) is 1. The minimum atomic E-state index is -3.83. The number of cyclic esters (lactones) is 1. The number of rotatable bonds is 8. The Bertz CT molecular complexity index is 1880. The monoisotopic (exact) mass is 731 g/mol. The highest BCUT2D eigenvalue weighted by molar-refractivity contribution is 7.90. The molecule has 4 bridgehead atoms. The Morgan fingerprint density at radius 2 is 1.90 bits per heavy atom. The second-order valence-electron chi connectivity index (χ2n) is 15.7. The standard InChI is InChI=1S/C40H49N3O8S/c1-3-29-21-40(29,39(47)42-52(48,49)31-14-15-31)22-35(44)34-19-30-23-43(34)38(46)33(27-10-5-4-6-11-27)20-36(45)50-24-25(2)8-7-9-26-12-13-28-16-17-41-37(51-30)32(28)18-26/h3,7,9,12-13,16-18,25,27,29-31,33-34H,1,4-6,8,10-11,14-15,19-24H2,2H3,(H,42,47)/b9-7+/t25-,29-,30-,33+,34+,40-/m1/s1. The zero-order valence-electron chi connectivity index (χ0n) is 29.8. The van der Waals surface area contributed by atoms with E-state index < -0.39 is 50.6 Å². The third kappa shape index (κ3) is 7.68. The first-order valence-corrected chi connectivity index (χ1v) is 20.4. The topological polar surface area (TPSA) is 149 Å². The molecule has 7 rings (SSSR count). The highest BCUT2D eigenvalue weighted by Gasteiger charge is 2.61. The molecule has 278 valence electrons. The molecule has 1 aromatic heterocycles. The van der Waals surface area contributed by atoms with Crippen molar-refractivity contribution in [3.63, 3.8) is 0 Å². The Kier molecular flexibility index (Phi) is 10.3. The summed E-state index contributed by atoms with van der Waals surface area (Å²) in [6, 6.07) is 6.98. The van der Waals surface area contributed by atoms with Crippen molar-refractivity contribution in [2.45, 2.75) is 101 Å². The average Bonchev–Trinajstić information content (AvgIpc) is 4.06. The van der Waals surface area contributed by atoms with E-state index >= 15 is 0 Å². The van der Waals surface area contributed by atoms with E-state index in [9.17, 15) is 27.6 Å². The van der Waals surface area contributed by atoms with Crippen molar-refractivity contribution in [2.24, 2.45) is 29.1 Å². The molecule has 1 N–H and O–H groups in total. The van der Waals surface area contributed by atoms with Crippen LogP contribution in [0.15, 0.2) is 49.2 Å². The minimum absolute atomic E-state index is 0.0352. The first kappa shape index (κ1) is 36.3. The van der Waals surface area contributed by atoms with E-state index in [-0.39, 0.29) is 61.9 Å². The van der Waals surface area contributed by atoms with Gasteiger partial charge in [0.05, 0.1) is 42.2 Å².